The number of hydrogen-bond donors (Lipinski definition) is 1. The molecule has 2 rings (SSSR count). The molecule has 0 fully saturated rings. The molecule has 0 aliphatic carbocycles. The summed E-state index contributed by atoms with van der Waals surface area (Å²) in [7, 11) is 0. The van der Waals surface area contributed by atoms with Crippen molar-refractivity contribution in [3.8, 4) is 0 Å². The number of nitrogens with one attached hydrogen (secondary N) is 1. The lowest BCUT2D eigenvalue weighted by atomic mass is 10.1. The molecule has 0 atom stereocenters. The van der Waals surface area contributed by atoms with E-state index in [2.05, 4.69) is 10.5 Å². The number of anilines is 1. The van der Waals surface area contributed by atoms with E-state index in [4.69, 9.17) is 23.2 Å². The Morgan fingerprint density at radius 2 is 1.38 bits per heavy atom. The highest BCUT2D eigenvalue weighted by Gasteiger charge is 2.32. The molecule has 0 heterocycles. The molecule has 0 aliphatic heterocycles. The van der Waals surface area contributed by atoms with Crippen LogP contribution in [0.3, 0.4) is 0 Å². The summed E-state index contributed by atoms with van der Waals surface area (Å²) in [5.41, 5.74) is -0.711. The van der Waals surface area contributed by atoms with Crippen LogP contribution in [0.5, 0.6) is 0 Å². The number of benzene rings is 2. The molecule has 2 aromatic carbocycles. The summed E-state index contributed by atoms with van der Waals surface area (Å²) < 4.78 is 89.3. The maximum Gasteiger partial charge on any atom is 0.416 e. The number of hydrazone groups is 1. The van der Waals surface area contributed by atoms with Crippen LogP contribution in [0.25, 0.3) is 0 Å². The SMILES string of the molecule is Fc1ccc(C(F)(F)F)cc1/C=N/Nc1c(Cl)cc(C(F)(F)F)cc1Cl. The number of alkyl halides is 6. The van der Waals surface area contributed by atoms with Crippen LogP contribution in [-0.2, 0) is 12.4 Å². The number of halogens is 9. The van der Waals surface area contributed by atoms with Gasteiger partial charge in [-0.15, -0.1) is 0 Å². The minimum absolute atomic E-state index is 0.218. The van der Waals surface area contributed by atoms with Crippen LogP contribution in [0, 0.1) is 5.82 Å². The van der Waals surface area contributed by atoms with Crippen LogP contribution in [-0.4, -0.2) is 6.21 Å². The second kappa shape index (κ2) is 7.32. The van der Waals surface area contributed by atoms with Gasteiger partial charge in [0.15, 0.2) is 0 Å². The van der Waals surface area contributed by atoms with E-state index < -0.39 is 44.9 Å². The molecular formula is C15H7Cl2F7N2. The van der Waals surface area contributed by atoms with E-state index in [1.807, 2.05) is 0 Å². The molecule has 0 aromatic heterocycles. The van der Waals surface area contributed by atoms with Gasteiger partial charge in [-0.3, -0.25) is 5.43 Å². The van der Waals surface area contributed by atoms with Crippen molar-refractivity contribution in [1.29, 1.82) is 0 Å². The van der Waals surface area contributed by atoms with Crippen molar-refractivity contribution in [1.82, 2.24) is 0 Å². The molecule has 26 heavy (non-hydrogen) atoms. The zero-order valence-corrected chi connectivity index (χ0v) is 13.8. The van der Waals surface area contributed by atoms with Gasteiger partial charge in [0.05, 0.1) is 33.1 Å². The van der Waals surface area contributed by atoms with Gasteiger partial charge < -0.3 is 0 Å². The number of nitrogens with zero attached hydrogens (tertiary/aromatic N) is 1. The van der Waals surface area contributed by atoms with Crippen molar-refractivity contribution in [2.24, 2.45) is 5.10 Å². The first-order valence-electron chi connectivity index (χ1n) is 6.61. The van der Waals surface area contributed by atoms with Gasteiger partial charge in [0.2, 0.25) is 0 Å². The third-order valence-corrected chi connectivity index (χ3v) is 3.67. The Balaban J connectivity index is 2.27. The van der Waals surface area contributed by atoms with Crippen molar-refractivity contribution in [3.63, 3.8) is 0 Å². The lowest BCUT2D eigenvalue weighted by molar-refractivity contribution is -0.138. The average molecular weight is 419 g/mol. The Kier molecular flexibility index (Phi) is 5.72. The Labute approximate surface area is 152 Å². The maximum absolute atomic E-state index is 13.6. The second-order valence-corrected chi connectivity index (χ2v) is 5.73. The molecule has 0 amide bonds. The molecule has 0 radical (unpaired) electrons. The molecule has 140 valence electrons. The minimum Gasteiger partial charge on any atom is -0.275 e. The summed E-state index contributed by atoms with van der Waals surface area (Å²) in [5, 5.41) is 2.63. The molecule has 1 N–H and O–H groups in total. The Morgan fingerprint density at radius 1 is 0.846 bits per heavy atom. The van der Waals surface area contributed by atoms with Gasteiger partial charge in [-0.25, -0.2) is 4.39 Å². The van der Waals surface area contributed by atoms with Crippen molar-refractivity contribution < 1.29 is 30.7 Å². The third-order valence-electron chi connectivity index (χ3n) is 3.07. The highest BCUT2D eigenvalue weighted by molar-refractivity contribution is 6.39. The second-order valence-electron chi connectivity index (χ2n) is 4.92. The highest BCUT2D eigenvalue weighted by atomic mass is 35.5. The first-order chi connectivity index (χ1) is 11.9. The zero-order chi connectivity index (χ0) is 19.7. The summed E-state index contributed by atoms with van der Waals surface area (Å²) >= 11 is 11.4. The van der Waals surface area contributed by atoms with E-state index in [1.54, 1.807) is 0 Å². The van der Waals surface area contributed by atoms with Gasteiger partial charge in [-0.05, 0) is 30.3 Å². The van der Waals surface area contributed by atoms with Crippen molar-refractivity contribution in [3.05, 3.63) is 62.9 Å². The summed E-state index contributed by atoms with van der Waals surface area (Å²) in [5.74, 6) is -0.979. The summed E-state index contributed by atoms with van der Waals surface area (Å²) in [6.07, 6.45) is -8.63. The lowest BCUT2D eigenvalue weighted by Crippen LogP contribution is -2.07. The first-order valence-corrected chi connectivity index (χ1v) is 7.37. The average Bonchev–Trinajstić information content (AvgIpc) is 2.49. The van der Waals surface area contributed by atoms with E-state index >= 15 is 0 Å². The van der Waals surface area contributed by atoms with Crippen LogP contribution >= 0.6 is 23.2 Å². The fourth-order valence-electron chi connectivity index (χ4n) is 1.83. The van der Waals surface area contributed by atoms with Gasteiger partial charge in [0.25, 0.3) is 0 Å². The smallest absolute Gasteiger partial charge is 0.275 e. The van der Waals surface area contributed by atoms with E-state index in [0.29, 0.717) is 30.3 Å². The molecule has 0 aliphatic rings. The van der Waals surface area contributed by atoms with Gasteiger partial charge in [0.1, 0.15) is 5.82 Å². The molecule has 2 nitrogen and oxygen atoms in total. The van der Waals surface area contributed by atoms with Crippen LogP contribution in [0.15, 0.2) is 35.4 Å². The molecule has 0 bridgehead atoms. The monoisotopic (exact) mass is 418 g/mol. The lowest BCUT2D eigenvalue weighted by Gasteiger charge is -2.11. The van der Waals surface area contributed by atoms with E-state index in [0.717, 1.165) is 6.21 Å². The molecule has 0 unspecified atom stereocenters. The van der Waals surface area contributed by atoms with Gasteiger partial charge >= 0.3 is 12.4 Å². The molecule has 0 spiro atoms. The Morgan fingerprint density at radius 3 is 1.88 bits per heavy atom. The van der Waals surface area contributed by atoms with Gasteiger partial charge in [-0.2, -0.15) is 31.4 Å². The van der Waals surface area contributed by atoms with Crippen LogP contribution < -0.4 is 5.43 Å². The number of hydrogen-bond acceptors (Lipinski definition) is 2. The fourth-order valence-corrected chi connectivity index (χ4v) is 2.40. The Hall–Kier alpha value is -2.00. The van der Waals surface area contributed by atoms with Crippen molar-refractivity contribution in [2.75, 3.05) is 5.43 Å². The van der Waals surface area contributed by atoms with E-state index in [1.165, 1.54) is 0 Å². The largest absolute Gasteiger partial charge is 0.416 e. The predicted molar refractivity (Wildman–Crippen MR) is 84.1 cm³/mol. The summed E-state index contributed by atoms with van der Waals surface area (Å²) in [6.45, 7) is 0. The van der Waals surface area contributed by atoms with Gasteiger partial charge in [0, 0.05) is 5.56 Å². The molecule has 11 heteroatoms. The predicted octanol–water partition coefficient (Wildman–Crippen LogP) is 6.62. The number of rotatable bonds is 3. The quantitative estimate of drug-likeness (QED) is 0.338. The maximum atomic E-state index is 13.6. The topological polar surface area (TPSA) is 24.4 Å². The zero-order valence-electron chi connectivity index (χ0n) is 12.3. The van der Waals surface area contributed by atoms with Crippen molar-refractivity contribution >= 4 is 35.1 Å². The van der Waals surface area contributed by atoms with Crippen LogP contribution in [0.4, 0.5) is 36.4 Å². The highest BCUT2D eigenvalue weighted by Crippen LogP contribution is 2.38. The van der Waals surface area contributed by atoms with Gasteiger partial charge in [-0.1, -0.05) is 23.2 Å². The molecular weight excluding hydrogens is 412 g/mol. The standard InChI is InChI=1S/C15H7Cl2F7N2/c16-10-4-9(15(22,23)24)5-11(17)13(10)26-25-6-7-3-8(14(19,20)21)1-2-12(7)18/h1-6,26H/b25-6+. The first kappa shape index (κ1) is 20.3. The van der Waals surface area contributed by atoms with Crippen molar-refractivity contribution in [2.45, 2.75) is 12.4 Å². The molecule has 2 aromatic rings. The van der Waals surface area contributed by atoms with E-state index in [-0.39, 0.29) is 5.69 Å². The summed E-state index contributed by atoms with van der Waals surface area (Å²) in [4.78, 5) is 0. The summed E-state index contributed by atoms with van der Waals surface area (Å²) in [6, 6.07) is 2.88. The molecule has 0 saturated heterocycles. The van der Waals surface area contributed by atoms with Crippen LogP contribution in [0.1, 0.15) is 16.7 Å². The fraction of sp³-hybridized carbons (Fsp3) is 0.133. The minimum atomic E-state index is -4.68. The molecule has 0 saturated carbocycles. The van der Waals surface area contributed by atoms with E-state index in [9.17, 15) is 30.7 Å². The van der Waals surface area contributed by atoms with Crippen LogP contribution in [0.2, 0.25) is 10.0 Å². The Bertz CT molecular complexity index is 822. The normalized spacial score (nSPS) is 12.7. The third kappa shape index (κ3) is 4.79.